The Morgan fingerprint density at radius 3 is 2.71 bits per heavy atom. The summed E-state index contributed by atoms with van der Waals surface area (Å²) in [5.41, 5.74) is 0.724. The smallest absolute Gasteiger partial charge is 0.220 e. The Hall–Kier alpha value is -2.60. The molecule has 0 spiro atoms. The average molecular weight is 384 g/mol. The summed E-state index contributed by atoms with van der Waals surface area (Å²) in [5, 5.41) is 16.9. The van der Waals surface area contributed by atoms with Crippen LogP contribution in [0.5, 0.6) is 5.75 Å². The number of benzene rings is 2. The van der Waals surface area contributed by atoms with Gasteiger partial charge in [-0.25, -0.2) is 0 Å². The maximum atomic E-state index is 12.1. The second-order valence-corrected chi connectivity index (χ2v) is 7.40. The quantitative estimate of drug-likeness (QED) is 0.579. The molecule has 6 heteroatoms. The fourth-order valence-electron chi connectivity index (χ4n) is 3.96. The van der Waals surface area contributed by atoms with Crippen molar-refractivity contribution in [2.24, 2.45) is 0 Å². The minimum Gasteiger partial charge on any atom is -0.496 e. The van der Waals surface area contributed by atoms with Crippen LogP contribution in [0.4, 0.5) is 0 Å². The summed E-state index contributed by atoms with van der Waals surface area (Å²) in [7, 11) is 1.66. The lowest BCUT2D eigenvalue weighted by atomic mass is 9.83. The number of ether oxygens (including phenoxy) is 1. The van der Waals surface area contributed by atoms with Crippen LogP contribution in [0.2, 0.25) is 0 Å². The van der Waals surface area contributed by atoms with Crippen molar-refractivity contribution < 1.29 is 19.4 Å². The molecule has 1 atom stereocenters. The van der Waals surface area contributed by atoms with E-state index in [4.69, 9.17) is 9.84 Å². The highest BCUT2D eigenvalue weighted by atomic mass is 16.5. The molecular formula is C22H28N2O4. The minimum absolute atomic E-state index is 0.0403. The Bertz CT molecular complexity index is 852. The van der Waals surface area contributed by atoms with Gasteiger partial charge in [-0.05, 0) is 42.7 Å². The normalized spacial score (nSPS) is 18.9. The first kappa shape index (κ1) is 20.1. The molecule has 3 rings (SSSR count). The van der Waals surface area contributed by atoms with Crippen molar-refractivity contribution in [2.45, 2.75) is 44.1 Å². The monoisotopic (exact) mass is 384 g/mol. The molecule has 1 saturated heterocycles. The van der Waals surface area contributed by atoms with Gasteiger partial charge in [-0.3, -0.25) is 9.59 Å². The van der Waals surface area contributed by atoms with Gasteiger partial charge < -0.3 is 20.5 Å². The van der Waals surface area contributed by atoms with Crippen LogP contribution in [-0.2, 0) is 16.0 Å². The minimum atomic E-state index is -0.414. The second-order valence-electron chi connectivity index (χ2n) is 7.40. The maximum absolute atomic E-state index is 12.1. The Balaban J connectivity index is 1.79. The molecule has 150 valence electrons. The van der Waals surface area contributed by atoms with Crippen LogP contribution >= 0.6 is 0 Å². The van der Waals surface area contributed by atoms with Crippen molar-refractivity contribution in [3.63, 3.8) is 0 Å². The summed E-state index contributed by atoms with van der Waals surface area (Å²) in [5.74, 6) is 0.819. The third kappa shape index (κ3) is 4.62. The number of fused-ring (bicyclic) bond motifs is 1. The lowest BCUT2D eigenvalue weighted by Crippen LogP contribution is -2.44. The number of carbonyl (C=O) groups excluding carboxylic acids is 2. The van der Waals surface area contributed by atoms with Gasteiger partial charge in [-0.1, -0.05) is 30.3 Å². The molecular weight excluding hydrogens is 356 g/mol. The van der Waals surface area contributed by atoms with Gasteiger partial charge in [-0.2, -0.15) is 0 Å². The van der Waals surface area contributed by atoms with Crippen molar-refractivity contribution in [3.8, 4) is 5.75 Å². The van der Waals surface area contributed by atoms with Gasteiger partial charge in [0.1, 0.15) is 5.75 Å². The summed E-state index contributed by atoms with van der Waals surface area (Å²) in [6.07, 6.45) is 3.36. The van der Waals surface area contributed by atoms with E-state index in [1.807, 2.05) is 24.3 Å². The average Bonchev–Trinajstić information content (AvgIpc) is 3.08. The topological polar surface area (TPSA) is 87.7 Å². The van der Waals surface area contributed by atoms with Gasteiger partial charge >= 0.3 is 0 Å². The summed E-state index contributed by atoms with van der Waals surface area (Å²) in [6.45, 7) is 0.530. The van der Waals surface area contributed by atoms with E-state index in [0.717, 1.165) is 28.5 Å². The highest BCUT2D eigenvalue weighted by Gasteiger charge is 2.38. The number of aliphatic hydroxyl groups is 1. The summed E-state index contributed by atoms with van der Waals surface area (Å²) >= 11 is 0. The van der Waals surface area contributed by atoms with Crippen LogP contribution in [-0.4, -0.2) is 42.7 Å². The molecule has 2 aromatic carbocycles. The fraction of sp³-hybridized carbons (Fsp3) is 0.455. The number of hydrogen-bond acceptors (Lipinski definition) is 4. The molecule has 0 aliphatic carbocycles. The number of amides is 2. The molecule has 28 heavy (non-hydrogen) atoms. The number of hydrogen-bond donors (Lipinski definition) is 3. The van der Waals surface area contributed by atoms with Gasteiger partial charge in [0.2, 0.25) is 11.8 Å². The van der Waals surface area contributed by atoms with E-state index in [2.05, 4.69) is 22.8 Å². The third-order valence-electron chi connectivity index (χ3n) is 5.45. The zero-order valence-corrected chi connectivity index (χ0v) is 16.3. The van der Waals surface area contributed by atoms with Crippen molar-refractivity contribution in [1.82, 2.24) is 10.6 Å². The van der Waals surface area contributed by atoms with Gasteiger partial charge in [0.15, 0.2) is 0 Å². The lowest BCUT2D eigenvalue weighted by Gasteiger charge is -2.30. The van der Waals surface area contributed by atoms with Crippen molar-refractivity contribution in [2.75, 3.05) is 20.3 Å². The zero-order chi connectivity index (χ0) is 20.0. The van der Waals surface area contributed by atoms with Crippen LogP contribution < -0.4 is 15.4 Å². The molecule has 0 radical (unpaired) electrons. The Kier molecular flexibility index (Phi) is 6.52. The molecule has 1 fully saturated rings. The molecule has 0 unspecified atom stereocenters. The van der Waals surface area contributed by atoms with Gasteiger partial charge in [-0.15, -0.1) is 0 Å². The molecule has 1 aliphatic rings. The van der Waals surface area contributed by atoms with E-state index >= 15 is 0 Å². The van der Waals surface area contributed by atoms with Gasteiger partial charge in [0, 0.05) is 36.9 Å². The van der Waals surface area contributed by atoms with E-state index in [1.165, 1.54) is 0 Å². The summed E-state index contributed by atoms with van der Waals surface area (Å²) < 4.78 is 5.48. The Morgan fingerprint density at radius 2 is 2.04 bits per heavy atom. The molecule has 6 nitrogen and oxygen atoms in total. The van der Waals surface area contributed by atoms with Gasteiger partial charge in [0.25, 0.3) is 0 Å². The third-order valence-corrected chi connectivity index (χ3v) is 5.45. The molecule has 0 aromatic heterocycles. The zero-order valence-electron chi connectivity index (χ0n) is 16.3. The SMILES string of the molecule is COc1ccc(C[C@]2(CCC(=O)NCCCO)CCC(=O)N2)c2ccccc12. The lowest BCUT2D eigenvalue weighted by molar-refractivity contribution is -0.122. The molecule has 0 bridgehead atoms. The van der Waals surface area contributed by atoms with E-state index < -0.39 is 5.54 Å². The number of nitrogens with one attached hydrogen (secondary N) is 2. The van der Waals surface area contributed by atoms with E-state index in [1.54, 1.807) is 7.11 Å². The Morgan fingerprint density at radius 1 is 1.25 bits per heavy atom. The maximum Gasteiger partial charge on any atom is 0.220 e. The number of carbonyl (C=O) groups is 2. The van der Waals surface area contributed by atoms with Crippen molar-refractivity contribution in [3.05, 3.63) is 42.0 Å². The summed E-state index contributed by atoms with van der Waals surface area (Å²) in [4.78, 5) is 24.1. The summed E-state index contributed by atoms with van der Waals surface area (Å²) in [6, 6.07) is 12.1. The molecule has 3 N–H and O–H groups in total. The number of aliphatic hydroxyl groups excluding tert-OH is 1. The fourth-order valence-corrected chi connectivity index (χ4v) is 3.96. The standard InChI is InChI=1S/C22H28N2O4/c1-28-19-8-7-16(17-5-2-3-6-18(17)19)15-22(12-10-21(27)24-22)11-9-20(26)23-13-4-14-25/h2-3,5-8,25H,4,9-15H2,1H3,(H,23,26)(H,24,27)/t22-/m0/s1. The first-order chi connectivity index (χ1) is 13.6. The van der Waals surface area contributed by atoms with E-state index in [-0.39, 0.29) is 18.4 Å². The molecule has 2 aromatic rings. The predicted molar refractivity (Wildman–Crippen MR) is 108 cm³/mol. The first-order valence-electron chi connectivity index (χ1n) is 9.80. The largest absolute Gasteiger partial charge is 0.496 e. The van der Waals surface area contributed by atoms with E-state index in [9.17, 15) is 9.59 Å². The van der Waals surface area contributed by atoms with Crippen molar-refractivity contribution in [1.29, 1.82) is 0 Å². The van der Waals surface area contributed by atoms with Crippen LogP contribution in [0.15, 0.2) is 36.4 Å². The number of methoxy groups -OCH3 is 1. The van der Waals surface area contributed by atoms with Crippen LogP contribution in [0, 0.1) is 0 Å². The Labute approximate surface area is 165 Å². The molecule has 1 aliphatic heterocycles. The highest BCUT2D eigenvalue weighted by Crippen LogP contribution is 2.34. The van der Waals surface area contributed by atoms with Crippen LogP contribution in [0.25, 0.3) is 10.8 Å². The van der Waals surface area contributed by atoms with Crippen LogP contribution in [0.1, 0.15) is 37.7 Å². The van der Waals surface area contributed by atoms with Crippen LogP contribution in [0.3, 0.4) is 0 Å². The van der Waals surface area contributed by atoms with Crippen molar-refractivity contribution >= 4 is 22.6 Å². The second kappa shape index (κ2) is 9.06. The molecule has 1 heterocycles. The molecule has 2 amide bonds. The van der Waals surface area contributed by atoms with E-state index in [0.29, 0.717) is 38.6 Å². The first-order valence-corrected chi connectivity index (χ1v) is 9.80. The highest BCUT2D eigenvalue weighted by molar-refractivity contribution is 5.91. The number of rotatable bonds is 9. The van der Waals surface area contributed by atoms with Gasteiger partial charge in [0.05, 0.1) is 7.11 Å². The predicted octanol–water partition coefficient (Wildman–Crippen LogP) is 2.32. The molecule has 0 saturated carbocycles.